The highest BCUT2D eigenvalue weighted by atomic mass is 16.5. The van der Waals surface area contributed by atoms with Crippen molar-refractivity contribution in [1.82, 2.24) is 5.32 Å². The molecule has 3 atom stereocenters. The lowest BCUT2D eigenvalue weighted by atomic mass is 9.55. The van der Waals surface area contributed by atoms with Crippen LogP contribution in [0.2, 0.25) is 0 Å². The Morgan fingerprint density at radius 3 is 2.61 bits per heavy atom. The number of methoxy groups -OCH3 is 1. The fraction of sp³-hybridized carbons (Fsp3) is 1.00. The van der Waals surface area contributed by atoms with Gasteiger partial charge in [-0.2, -0.15) is 0 Å². The number of nitrogens with one attached hydrogen (secondary N) is 1. The maximum absolute atomic E-state index is 5.96. The number of ether oxygens (including phenoxy) is 2. The van der Waals surface area contributed by atoms with Gasteiger partial charge < -0.3 is 14.8 Å². The highest BCUT2D eigenvalue weighted by Gasteiger charge is 2.55. The standard InChI is InChI=1S/C15H29NO2/c1-4-18-14-10-13(16-11-12(2)17-3)15(14)8-6-5-7-9-15/h12-14,16H,4-11H2,1-3H3. The van der Waals surface area contributed by atoms with Gasteiger partial charge in [0, 0.05) is 31.7 Å². The van der Waals surface area contributed by atoms with Crippen molar-refractivity contribution in [2.45, 2.75) is 70.6 Å². The monoisotopic (exact) mass is 255 g/mol. The molecule has 0 aromatic rings. The summed E-state index contributed by atoms with van der Waals surface area (Å²) in [7, 11) is 1.78. The smallest absolute Gasteiger partial charge is 0.0667 e. The minimum absolute atomic E-state index is 0.303. The SMILES string of the molecule is CCOC1CC(NCC(C)OC)C12CCCCC2. The zero-order valence-electron chi connectivity index (χ0n) is 12.2. The normalized spacial score (nSPS) is 32.2. The minimum Gasteiger partial charge on any atom is -0.380 e. The average molecular weight is 255 g/mol. The molecule has 2 aliphatic rings. The molecule has 3 unspecified atom stereocenters. The summed E-state index contributed by atoms with van der Waals surface area (Å²) in [5.74, 6) is 0. The van der Waals surface area contributed by atoms with Crippen LogP contribution in [-0.4, -0.2) is 38.5 Å². The van der Waals surface area contributed by atoms with E-state index in [0.29, 0.717) is 23.7 Å². The van der Waals surface area contributed by atoms with Crippen LogP contribution in [0.15, 0.2) is 0 Å². The Hall–Kier alpha value is -0.120. The summed E-state index contributed by atoms with van der Waals surface area (Å²) in [4.78, 5) is 0. The summed E-state index contributed by atoms with van der Waals surface area (Å²) in [6.45, 7) is 6.05. The first kappa shape index (κ1) is 14.3. The number of hydrogen-bond donors (Lipinski definition) is 1. The van der Waals surface area contributed by atoms with Crippen LogP contribution >= 0.6 is 0 Å². The lowest BCUT2D eigenvalue weighted by Gasteiger charge is -2.58. The van der Waals surface area contributed by atoms with Crippen molar-refractivity contribution in [3.05, 3.63) is 0 Å². The van der Waals surface area contributed by atoms with E-state index in [1.165, 1.54) is 38.5 Å². The molecule has 106 valence electrons. The lowest BCUT2D eigenvalue weighted by Crippen LogP contribution is -2.65. The maximum atomic E-state index is 5.96. The topological polar surface area (TPSA) is 30.5 Å². The van der Waals surface area contributed by atoms with E-state index in [0.717, 1.165) is 13.2 Å². The Labute approximate surface area is 112 Å². The second-order valence-corrected chi connectivity index (χ2v) is 5.98. The van der Waals surface area contributed by atoms with Gasteiger partial charge in [-0.3, -0.25) is 0 Å². The van der Waals surface area contributed by atoms with Gasteiger partial charge >= 0.3 is 0 Å². The first-order chi connectivity index (χ1) is 8.73. The van der Waals surface area contributed by atoms with Crippen molar-refractivity contribution >= 4 is 0 Å². The van der Waals surface area contributed by atoms with Crippen molar-refractivity contribution in [3.8, 4) is 0 Å². The predicted octanol–water partition coefficient (Wildman–Crippen LogP) is 2.74. The van der Waals surface area contributed by atoms with Gasteiger partial charge in [0.2, 0.25) is 0 Å². The van der Waals surface area contributed by atoms with E-state index < -0.39 is 0 Å². The van der Waals surface area contributed by atoms with Crippen molar-refractivity contribution in [2.24, 2.45) is 5.41 Å². The second kappa shape index (κ2) is 6.36. The Morgan fingerprint density at radius 1 is 1.28 bits per heavy atom. The third-order valence-electron chi connectivity index (χ3n) is 4.99. The fourth-order valence-electron chi connectivity index (χ4n) is 3.74. The zero-order chi connectivity index (χ0) is 13.0. The van der Waals surface area contributed by atoms with Gasteiger partial charge in [0.25, 0.3) is 0 Å². The van der Waals surface area contributed by atoms with E-state index in [9.17, 15) is 0 Å². The molecule has 3 nitrogen and oxygen atoms in total. The quantitative estimate of drug-likeness (QED) is 0.791. The zero-order valence-corrected chi connectivity index (χ0v) is 12.2. The molecule has 2 aliphatic carbocycles. The summed E-state index contributed by atoms with van der Waals surface area (Å²) in [5.41, 5.74) is 0.432. The second-order valence-electron chi connectivity index (χ2n) is 5.98. The largest absolute Gasteiger partial charge is 0.380 e. The third-order valence-corrected chi connectivity index (χ3v) is 4.99. The first-order valence-electron chi connectivity index (χ1n) is 7.60. The summed E-state index contributed by atoms with van der Waals surface area (Å²) in [6.07, 6.45) is 8.83. The molecule has 18 heavy (non-hydrogen) atoms. The van der Waals surface area contributed by atoms with Gasteiger partial charge in [0.05, 0.1) is 12.2 Å². The third kappa shape index (κ3) is 2.73. The molecule has 2 saturated carbocycles. The maximum Gasteiger partial charge on any atom is 0.0667 e. The van der Waals surface area contributed by atoms with Gasteiger partial charge in [0.15, 0.2) is 0 Å². The molecule has 0 amide bonds. The Balaban J connectivity index is 1.90. The molecule has 1 spiro atoms. The van der Waals surface area contributed by atoms with Crippen molar-refractivity contribution in [3.63, 3.8) is 0 Å². The molecular formula is C15H29NO2. The van der Waals surface area contributed by atoms with Gasteiger partial charge in [-0.1, -0.05) is 19.3 Å². The van der Waals surface area contributed by atoms with Crippen LogP contribution in [0.3, 0.4) is 0 Å². The summed E-state index contributed by atoms with van der Waals surface area (Å²) < 4.78 is 11.3. The summed E-state index contributed by atoms with van der Waals surface area (Å²) >= 11 is 0. The van der Waals surface area contributed by atoms with Crippen LogP contribution < -0.4 is 5.32 Å². The molecule has 2 fully saturated rings. The first-order valence-corrected chi connectivity index (χ1v) is 7.60. The molecule has 0 saturated heterocycles. The van der Waals surface area contributed by atoms with Crippen molar-refractivity contribution in [2.75, 3.05) is 20.3 Å². The fourth-order valence-corrected chi connectivity index (χ4v) is 3.74. The van der Waals surface area contributed by atoms with E-state index in [4.69, 9.17) is 9.47 Å². The Morgan fingerprint density at radius 2 is 2.00 bits per heavy atom. The van der Waals surface area contributed by atoms with Crippen LogP contribution in [-0.2, 0) is 9.47 Å². The Bertz CT molecular complexity index is 251. The van der Waals surface area contributed by atoms with E-state index in [1.54, 1.807) is 7.11 Å². The van der Waals surface area contributed by atoms with Crippen LogP contribution in [0.1, 0.15) is 52.4 Å². The van der Waals surface area contributed by atoms with Gasteiger partial charge in [0.1, 0.15) is 0 Å². The minimum atomic E-state index is 0.303. The van der Waals surface area contributed by atoms with Crippen LogP contribution in [0, 0.1) is 5.41 Å². The lowest BCUT2D eigenvalue weighted by molar-refractivity contribution is -0.151. The molecule has 3 heteroatoms. The molecule has 0 aliphatic heterocycles. The summed E-state index contributed by atoms with van der Waals surface area (Å²) in [5, 5.41) is 3.71. The van der Waals surface area contributed by atoms with E-state index in [-0.39, 0.29) is 0 Å². The highest BCUT2D eigenvalue weighted by Crippen LogP contribution is 2.53. The van der Waals surface area contributed by atoms with Crippen molar-refractivity contribution < 1.29 is 9.47 Å². The van der Waals surface area contributed by atoms with Gasteiger partial charge in [-0.25, -0.2) is 0 Å². The summed E-state index contributed by atoms with van der Waals surface area (Å²) in [6, 6.07) is 0.645. The number of rotatable bonds is 6. The Kier molecular flexibility index (Phi) is 5.05. The van der Waals surface area contributed by atoms with Crippen molar-refractivity contribution in [1.29, 1.82) is 0 Å². The molecule has 0 heterocycles. The number of hydrogen-bond acceptors (Lipinski definition) is 3. The van der Waals surface area contributed by atoms with Crippen LogP contribution in [0.4, 0.5) is 0 Å². The van der Waals surface area contributed by atoms with E-state index in [1.807, 2.05) is 0 Å². The van der Waals surface area contributed by atoms with Crippen LogP contribution in [0.5, 0.6) is 0 Å². The van der Waals surface area contributed by atoms with Gasteiger partial charge in [-0.05, 0) is 33.1 Å². The predicted molar refractivity (Wildman–Crippen MR) is 73.8 cm³/mol. The van der Waals surface area contributed by atoms with E-state index in [2.05, 4.69) is 19.2 Å². The molecule has 0 aromatic carbocycles. The molecule has 0 aromatic heterocycles. The molecule has 2 rings (SSSR count). The molecule has 0 radical (unpaired) electrons. The highest BCUT2D eigenvalue weighted by molar-refractivity contribution is 5.08. The molecular weight excluding hydrogens is 226 g/mol. The van der Waals surface area contributed by atoms with Gasteiger partial charge in [-0.15, -0.1) is 0 Å². The average Bonchev–Trinajstić information content (AvgIpc) is 2.42. The van der Waals surface area contributed by atoms with Crippen LogP contribution in [0.25, 0.3) is 0 Å². The van der Waals surface area contributed by atoms with E-state index >= 15 is 0 Å². The molecule has 1 N–H and O–H groups in total. The molecule has 0 bridgehead atoms.